The molecule has 2 aromatic rings. The predicted molar refractivity (Wildman–Crippen MR) is 87.3 cm³/mol. The van der Waals surface area contributed by atoms with Crippen LogP contribution in [-0.4, -0.2) is 15.0 Å². The van der Waals surface area contributed by atoms with Gasteiger partial charge in [0.1, 0.15) is 0 Å². The van der Waals surface area contributed by atoms with Crippen molar-refractivity contribution in [3.05, 3.63) is 51.2 Å². The first-order valence-corrected chi connectivity index (χ1v) is 9.15. The molecule has 21 heavy (non-hydrogen) atoms. The van der Waals surface area contributed by atoms with E-state index in [4.69, 9.17) is 17.3 Å². The SMILES string of the molecule is CC(N)c1ccc(S(=O)(=O)NCCc2ccc(Cl)s2)cc1. The molecule has 1 aromatic carbocycles. The Morgan fingerprint density at radius 3 is 2.43 bits per heavy atom. The number of benzene rings is 1. The van der Waals surface area contributed by atoms with E-state index in [2.05, 4.69) is 4.72 Å². The van der Waals surface area contributed by atoms with Crippen LogP contribution in [0.2, 0.25) is 4.34 Å². The summed E-state index contributed by atoms with van der Waals surface area (Å²) in [6.45, 7) is 2.20. The first-order valence-electron chi connectivity index (χ1n) is 6.48. The second kappa shape index (κ2) is 6.89. The Morgan fingerprint density at radius 1 is 1.24 bits per heavy atom. The number of rotatable bonds is 6. The van der Waals surface area contributed by atoms with E-state index >= 15 is 0 Å². The number of thiophene rings is 1. The van der Waals surface area contributed by atoms with E-state index in [1.165, 1.54) is 11.3 Å². The maximum Gasteiger partial charge on any atom is 0.240 e. The molecule has 0 aliphatic heterocycles. The third-order valence-electron chi connectivity index (χ3n) is 3.01. The number of sulfonamides is 1. The van der Waals surface area contributed by atoms with Crippen molar-refractivity contribution in [3.63, 3.8) is 0 Å². The van der Waals surface area contributed by atoms with Gasteiger partial charge in [0.25, 0.3) is 0 Å². The molecule has 0 aliphatic carbocycles. The highest BCUT2D eigenvalue weighted by Gasteiger charge is 2.13. The lowest BCUT2D eigenvalue weighted by Gasteiger charge is -2.09. The summed E-state index contributed by atoms with van der Waals surface area (Å²) >= 11 is 7.29. The number of hydrogen-bond donors (Lipinski definition) is 2. The van der Waals surface area contributed by atoms with Crippen LogP contribution in [0.15, 0.2) is 41.3 Å². The predicted octanol–water partition coefficient (Wildman–Crippen LogP) is 2.94. The van der Waals surface area contributed by atoms with Gasteiger partial charge in [-0.25, -0.2) is 13.1 Å². The van der Waals surface area contributed by atoms with E-state index in [9.17, 15) is 8.42 Å². The van der Waals surface area contributed by atoms with E-state index in [0.717, 1.165) is 10.4 Å². The largest absolute Gasteiger partial charge is 0.324 e. The minimum absolute atomic E-state index is 0.113. The molecule has 0 bridgehead atoms. The molecule has 4 nitrogen and oxygen atoms in total. The standard InChI is InChI=1S/C14H17ClN2O2S2/c1-10(16)11-2-5-13(6-3-11)21(18,19)17-9-8-12-4-7-14(15)20-12/h2-7,10,17H,8-9,16H2,1H3. The summed E-state index contributed by atoms with van der Waals surface area (Å²) in [4.78, 5) is 1.30. The fraction of sp³-hybridized carbons (Fsp3) is 0.286. The van der Waals surface area contributed by atoms with Crippen molar-refractivity contribution < 1.29 is 8.42 Å². The number of halogens is 1. The van der Waals surface area contributed by atoms with Gasteiger partial charge in [-0.15, -0.1) is 11.3 Å². The van der Waals surface area contributed by atoms with E-state index in [1.807, 2.05) is 19.1 Å². The van der Waals surface area contributed by atoms with Crippen molar-refractivity contribution in [2.75, 3.05) is 6.54 Å². The highest BCUT2D eigenvalue weighted by Crippen LogP contribution is 2.21. The van der Waals surface area contributed by atoms with Gasteiger partial charge in [-0.2, -0.15) is 0 Å². The normalized spacial score (nSPS) is 13.3. The fourth-order valence-electron chi connectivity index (χ4n) is 1.83. The van der Waals surface area contributed by atoms with Gasteiger partial charge in [0.05, 0.1) is 9.23 Å². The molecule has 7 heteroatoms. The minimum atomic E-state index is -3.49. The van der Waals surface area contributed by atoms with E-state index in [-0.39, 0.29) is 10.9 Å². The third kappa shape index (κ3) is 4.52. The molecular weight excluding hydrogens is 328 g/mol. The Hall–Kier alpha value is -0.920. The fourth-order valence-corrected chi connectivity index (χ4v) is 3.95. The van der Waals surface area contributed by atoms with Crippen LogP contribution in [-0.2, 0) is 16.4 Å². The Kier molecular flexibility index (Phi) is 5.40. The summed E-state index contributed by atoms with van der Waals surface area (Å²) in [5.41, 5.74) is 6.65. The summed E-state index contributed by atoms with van der Waals surface area (Å²) in [7, 11) is -3.49. The molecule has 1 atom stereocenters. The third-order valence-corrected chi connectivity index (χ3v) is 5.78. The van der Waals surface area contributed by atoms with Crippen LogP contribution in [0.5, 0.6) is 0 Å². The molecule has 2 rings (SSSR count). The molecule has 1 aromatic heterocycles. The summed E-state index contributed by atoms with van der Waals surface area (Å²) < 4.78 is 27.6. The van der Waals surface area contributed by atoms with E-state index < -0.39 is 10.0 Å². The molecule has 114 valence electrons. The van der Waals surface area contributed by atoms with Crippen LogP contribution in [0.4, 0.5) is 0 Å². The molecule has 0 radical (unpaired) electrons. The van der Waals surface area contributed by atoms with Crippen molar-refractivity contribution in [2.45, 2.75) is 24.3 Å². The average Bonchev–Trinajstić information content (AvgIpc) is 2.84. The maximum atomic E-state index is 12.1. The summed E-state index contributed by atoms with van der Waals surface area (Å²) in [6, 6.07) is 10.2. The Balaban J connectivity index is 1.97. The topological polar surface area (TPSA) is 72.2 Å². The highest BCUT2D eigenvalue weighted by atomic mass is 35.5. The number of hydrogen-bond acceptors (Lipinski definition) is 4. The van der Waals surface area contributed by atoms with Gasteiger partial charge in [-0.3, -0.25) is 0 Å². The summed E-state index contributed by atoms with van der Waals surface area (Å²) in [5, 5.41) is 0. The van der Waals surface area contributed by atoms with Gasteiger partial charge in [0.2, 0.25) is 10.0 Å². The minimum Gasteiger partial charge on any atom is -0.324 e. The van der Waals surface area contributed by atoms with Gasteiger partial charge in [-0.05, 0) is 43.2 Å². The van der Waals surface area contributed by atoms with E-state index in [1.54, 1.807) is 24.3 Å². The van der Waals surface area contributed by atoms with Crippen molar-refractivity contribution in [1.82, 2.24) is 4.72 Å². The lowest BCUT2D eigenvalue weighted by Crippen LogP contribution is -2.25. The van der Waals surface area contributed by atoms with Gasteiger partial charge < -0.3 is 5.73 Å². The average molecular weight is 345 g/mol. The van der Waals surface area contributed by atoms with Crippen LogP contribution in [0.3, 0.4) is 0 Å². The summed E-state index contributed by atoms with van der Waals surface area (Å²) in [5.74, 6) is 0. The molecule has 0 saturated carbocycles. The van der Waals surface area contributed by atoms with Gasteiger partial charge in [0.15, 0.2) is 0 Å². The van der Waals surface area contributed by atoms with Crippen molar-refractivity contribution in [3.8, 4) is 0 Å². The molecule has 3 N–H and O–H groups in total. The lowest BCUT2D eigenvalue weighted by molar-refractivity contribution is 0.581. The molecule has 1 unspecified atom stereocenters. The second-order valence-electron chi connectivity index (χ2n) is 4.71. The van der Waals surface area contributed by atoms with Crippen LogP contribution in [0.25, 0.3) is 0 Å². The monoisotopic (exact) mass is 344 g/mol. The van der Waals surface area contributed by atoms with Crippen molar-refractivity contribution in [1.29, 1.82) is 0 Å². The molecule has 0 aliphatic rings. The first kappa shape index (κ1) is 16.5. The van der Waals surface area contributed by atoms with E-state index in [0.29, 0.717) is 17.3 Å². The van der Waals surface area contributed by atoms with Crippen LogP contribution < -0.4 is 10.5 Å². The number of nitrogens with two attached hydrogens (primary N) is 1. The van der Waals surface area contributed by atoms with Crippen molar-refractivity contribution in [2.24, 2.45) is 5.73 Å². The molecule has 0 spiro atoms. The number of nitrogens with one attached hydrogen (secondary N) is 1. The molecule has 0 fully saturated rings. The molecular formula is C14H17ClN2O2S2. The van der Waals surface area contributed by atoms with Crippen LogP contribution in [0, 0.1) is 0 Å². The Bertz CT molecular complexity index is 694. The molecule has 1 heterocycles. The van der Waals surface area contributed by atoms with Gasteiger partial charge in [-0.1, -0.05) is 23.7 Å². The molecule has 0 saturated heterocycles. The second-order valence-corrected chi connectivity index (χ2v) is 8.28. The zero-order chi connectivity index (χ0) is 15.5. The summed E-state index contributed by atoms with van der Waals surface area (Å²) in [6.07, 6.45) is 0.620. The zero-order valence-electron chi connectivity index (χ0n) is 11.5. The lowest BCUT2D eigenvalue weighted by atomic mass is 10.1. The van der Waals surface area contributed by atoms with Gasteiger partial charge >= 0.3 is 0 Å². The zero-order valence-corrected chi connectivity index (χ0v) is 13.9. The van der Waals surface area contributed by atoms with Crippen molar-refractivity contribution >= 4 is 33.0 Å². The quantitative estimate of drug-likeness (QED) is 0.846. The van der Waals surface area contributed by atoms with Crippen LogP contribution in [0.1, 0.15) is 23.4 Å². The smallest absolute Gasteiger partial charge is 0.240 e. The Labute approximate surface area is 134 Å². The van der Waals surface area contributed by atoms with Crippen LogP contribution >= 0.6 is 22.9 Å². The molecule has 0 amide bonds. The van der Waals surface area contributed by atoms with Gasteiger partial charge in [0, 0.05) is 17.5 Å². The maximum absolute atomic E-state index is 12.1. The Morgan fingerprint density at radius 2 is 1.90 bits per heavy atom. The highest BCUT2D eigenvalue weighted by molar-refractivity contribution is 7.89. The first-order chi connectivity index (χ1) is 9.88.